The fourth-order valence-corrected chi connectivity index (χ4v) is 3.19. The lowest BCUT2D eigenvalue weighted by Crippen LogP contribution is -2.43. The van der Waals surface area contributed by atoms with E-state index in [1.165, 1.54) is 19.3 Å². The number of hydrogen-bond donors (Lipinski definition) is 3. The fraction of sp³-hybridized carbons (Fsp3) is 0.600. The lowest BCUT2D eigenvalue weighted by Gasteiger charge is -2.22. The highest BCUT2D eigenvalue weighted by atomic mass is 16.5. The molecule has 26 heavy (non-hydrogen) atoms. The monoisotopic (exact) mass is 361 g/mol. The van der Waals surface area contributed by atoms with Gasteiger partial charge in [0.2, 0.25) is 5.91 Å². The van der Waals surface area contributed by atoms with Gasteiger partial charge in [0.1, 0.15) is 5.75 Å². The van der Waals surface area contributed by atoms with Crippen LogP contribution in [0.1, 0.15) is 64.0 Å². The molecule has 0 bridgehead atoms. The molecule has 1 unspecified atom stereocenters. The quantitative estimate of drug-likeness (QED) is 0.665. The minimum atomic E-state index is -0.177. The van der Waals surface area contributed by atoms with Crippen LogP contribution in [0.4, 0.5) is 4.79 Å². The van der Waals surface area contributed by atoms with Gasteiger partial charge in [-0.2, -0.15) is 0 Å². The average molecular weight is 361 g/mol. The third-order valence-corrected chi connectivity index (χ3v) is 4.65. The van der Waals surface area contributed by atoms with Crippen molar-refractivity contribution in [3.63, 3.8) is 0 Å². The summed E-state index contributed by atoms with van der Waals surface area (Å²) >= 11 is 0. The van der Waals surface area contributed by atoms with Crippen molar-refractivity contribution in [2.24, 2.45) is 0 Å². The van der Waals surface area contributed by atoms with E-state index >= 15 is 0 Å². The predicted octanol–water partition coefficient (Wildman–Crippen LogP) is 3.28. The number of ether oxygens (including phenoxy) is 1. The zero-order valence-electron chi connectivity index (χ0n) is 15.8. The van der Waals surface area contributed by atoms with Crippen molar-refractivity contribution in [3.05, 3.63) is 29.8 Å². The number of rotatable bonds is 8. The van der Waals surface area contributed by atoms with Crippen LogP contribution in [0.15, 0.2) is 24.3 Å². The molecule has 0 aliphatic heterocycles. The van der Waals surface area contributed by atoms with Gasteiger partial charge < -0.3 is 20.7 Å². The van der Waals surface area contributed by atoms with Crippen molar-refractivity contribution in [1.82, 2.24) is 16.0 Å². The molecule has 0 radical (unpaired) electrons. The molecule has 1 saturated carbocycles. The van der Waals surface area contributed by atoms with Crippen LogP contribution in [0.25, 0.3) is 0 Å². The second-order valence-electron chi connectivity index (χ2n) is 6.78. The van der Waals surface area contributed by atoms with Crippen LogP contribution in [-0.2, 0) is 4.79 Å². The molecule has 6 nitrogen and oxygen atoms in total. The molecule has 6 heteroatoms. The Kier molecular flexibility index (Phi) is 8.25. The first-order chi connectivity index (χ1) is 12.6. The summed E-state index contributed by atoms with van der Waals surface area (Å²) in [7, 11) is 0. The summed E-state index contributed by atoms with van der Waals surface area (Å²) in [6, 6.07) is 7.71. The van der Waals surface area contributed by atoms with Crippen LogP contribution in [0, 0.1) is 0 Å². The van der Waals surface area contributed by atoms with Crippen LogP contribution >= 0.6 is 0 Å². The molecule has 144 valence electrons. The molecule has 0 aromatic heterocycles. The summed E-state index contributed by atoms with van der Waals surface area (Å²) in [4.78, 5) is 23.9. The molecule has 2 rings (SSSR count). The number of nitrogens with one attached hydrogen (secondary N) is 3. The topological polar surface area (TPSA) is 79.5 Å². The molecular weight excluding hydrogens is 330 g/mol. The first-order valence-corrected chi connectivity index (χ1v) is 9.65. The van der Waals surface area contributed by atoms with Crippen LogP contribution in [0.5, 0.6) is 5.75 Å². The molecule has 1 aromatic rings. The van der Waals surface area contributed by atoms with Gasteiger partial charge in [0.15, 0.2) is 0 Å². The zero-order valence-corrected chi connectivity index (χ0v) is 15.8. The van der Waals surface area contributed by atoms with Crippen molar-refractivity contribution in [1.29, 1.82) is 0 Å². The predicted molar refractivity (Wildman–Crippen MR) is 102 cm³/mol. The van der Waals surface area contributed by atoms with Crippen molar-refractivity contribution in [2.45, 2.75) is 64.5 Å². The van der Waals surface area contributed by atoms with Crippen LogP contribution < -0.4 is 20.7 Å². The lowest BCUT2D eigenvalue weighted by atomic mass is 9.96. The van der Waals surface area contributed by atoms with E-state index in [4.69, 9.17) is 4.74 Å². The summed E-state index contributed by atoms with van der Waals surface area (Å²) in [5.41, 5.74) is 1.02. The summed E-state index contributed by atoms with van der Waals surface area (Å²) in [5.74, 6) is 0.743. The molecule has 0 spiro atoms. The highest BCUT2D eigenvalue weighted by Crippen LogP contribution is 2.18. The van der Waals surface area contributed by atoms with Gasteiger partial charge in [-0.3, -0.25) is 4.79 Å². The molecule has 1 aliphatic carbocycles. The zero-order chi connectivity index (χ0) is 18.8. The Bertz CT molecular complexity index is 568. The Hall–Kier alpha value is -2.24. The van der Waals surface area contributed by atoms with E-state index < -0.39 is 0 Å². The van der Waals surface area contributed by atoms with Crippen LogP contribution in [-0.4, -0.2) is 31.1 Å². The van der Waals surface area contributed by atoms with Gasteiger partial charge in [0, 0.05) is 19.0 Å². The smallest absolute Gasteiger partial charge is 0.315 e. The minimum Gasteiger partial charge on any atom is -0.494 e. The Morgan fingerprint density at radius 1 is 1.15 bits per heavy atom. The van der Waals surface area contributed by atoms with E-state index in [0.29, 0.717) is 13.2 Å². The fourth-order valence-electron chi connectivity index (χ4n) is 3.19. The van der Waals surface area contributed by atoms with Crippen molar-refractivity contribution >= 4 is 11.9 Å². The number of benzene rings is 1. The summed E-state index contributed by atoms with van der Waals surface area (Å²) in [6.07, 6.45) is 5.97. The molecule has 1 atom stereocenters. The van der Waals surface area contributed by atoms with Gasteiger partial charge in [-0.25, -0.2) is 4.79 Å². The minimum absolute atomic E-state index is 0.0793. The average Bonchev–Trinajstić information content (AvgIpc) is 2.63. The second-order valence-corrected chi connectivity index (χ2v) is 6.78. The molecule has 3 amide bonds. The molecule has 0 saturated heterocycles. The van der Waals surface area contributed by atoms with E-state index in [1.54, 1.807) is 0 Å². The number of carbonyl (C=O) groups excluding carboxylic acids is 2. The third kappa shape index (κ3) is 6.94. The number of urea groups is 1. The normalized spacial score (nSPS) is 15.8. The molecule has 1 aliphatic rings. The van der Waals surface area contributed by atoms with Gasteiger partial charge in [-0.05, 0) is 44.4 Å². The Morgan fingerprint density at radius 2 is 1.85 bits per heavy atom. The van der Waals surface area contributed by atoms with Crippen molar-refractivity contribution < 1.29 is 14.3 Å². The number of hydrogen-bond acceptors (Lipinski definition) is 3. The molecular formula is C20H31N3O3. The first-order valence-electron chi connectivity index (χ1n) is 9.65. The van der Waals surface area contributed by atoms with Gasteiger partial charge in [-0.1, -0.05) is 31.4 Å². The summed E-state index contributed by atoms with van der Waals surface area (Å²) < 4.78 is 5.42. The van der Waals surface area contributed by atoms with Crippen molar-refractivity contribution in [2.75, 3.05) is 13.2 Å². The maximum Gasteiger partial charge on any atom is 0.315 e. The van der Waals surface area contributed by atoms with Gasteiger partial charge in [0.25, 0.3) is 0 Å². The van der Waals surface area contributed by atoms with Gasteiger partial charge in [0.05, 0.1) is 12.6 Å². The van der Waals surface area contributed by atoms with Crippen LogP contribution in [0.2, 0.25) is 0 Å². The summed E-state index contributed by atoms with van der Waals surface area (Å²) in [6.45, 7) is 4.85. The van der Waals surface area contributed by atoms with E-state index in [9.17, 15) is 9.59 Å². The molecule has 3 N–H and O–H groups in total. The maximum absolute atomic E-state index is 12.1. The Labute approximate surface area is 156 Å². The van der Waals surface area contributed by atoms with Crippen LogP contribution in [0.3, 0.4) is 0 Å². The molecule has 0 heterocycles. The molecule has 1 aromatic carbocycles. The van der Waals surface area contributed by atoms with E-state index in [1.807, 2.05) is 38.1 Å². The largest absolute Gasteiger partial charge is 0.494 e. The highest BCUT2D eigenvalue weighted by Gasteiger charge is 2.15. The number of amides is 3. The van der Waals surface area contributed by atoms with E-state index in [2.05, 4.69) is 16.0 Å². The SMILES string of the molecule is CCOc1ccc(C(C)NC(=O)CCNC(=O)NC2CCCCC2)cc1. The maximum atomic E-state index is 12.1. The third-order valence-electron chi connectivity index (χ3n) is 4.65. The number of carbonyl (C=O) groups is 2. The lowest BCUT2D eigenvalue weighted by molar-refractivity contribution is -0.121. The standard InChI is InChI=1S/C20H31N3O3/c1-3-26-18-11-9-16(10-12-18)15(2)22-19(24)13-14-21-20(25)23-17-7-5-4-6-8-17/h9-12,15,17H,3-8,13-14H2,1-2H3,(H,22,24)(H2,21,23,25). The highest BCUT2D eigenvalue weighted by molar-refractivity contribution is 5.78. The second kappa shape index (κ2) is 10.7. The Balaban J connectivity index is 1.65. The first kappa shape index (κ1) is 20.1. The van der Waals surface area contributed by atoms with Crippen molar-refractivity contribution in [3.8, 4) is 5.75 Å². The van der Waals surface area contributed by atoms with Gasteiger partial charge >= 0.3 is 6.03 Å². The van der Waals surface area contributed by atoms with Gasteiger partial charge in [-0.15, -0.1) is 0 Å². The van der Waals surface area contributed by atoms with E-state index in [0.717, 1.165) is 24.2 Å². The summed E-state index contributed by atoms with van der Waals surface area (Å²) in [5, 5.41) is 8.70. The Morgan fingerprint density at radius 3 is 2.50 bits per heavy atom. The molecule has 1 fully saturated rings. The van der Waals surface area contributed by atoms with E-state index in [-0.39, 0.29) is 30.4 Å².